The van der Waals surface area contributed by atoms with E-state index < -0.39 is 0 Å². The predicted octanol–water partition coefficient (Wildman–Crippen LogP) is 1.23. The number of rotatable bonds is 6. The predicted molar refractivity (Wildman–Crippen MR) is 62.5 cm³/mol. The third-order valence-corrected chi connectivity index (χ3v) is 1.94. The highest BCUT2D eigenvalue weighted by Crippen LogP contribution is 1.98. The lowest BCUT2D eigenvalue weighted by molar-refractivity contribution is -0.133. The van der Waals surface area contributed by atoms with Crippen LogP contribution in [0.5, 0.6) is 0 Å². The first-order valence-electron chi connectivity index (χ1n) is 5.36. The Hall–Kier alpha value is -1.39. The third kappa shape index (κ3) is 5.48. The highest BCUT2D eigenvalue weighted by Gasteiger charge is 2.01. The molecule has 0 saturated heterocycles. The Morgan fingerprint density at radius 3 is 2.62 bits per heavy atom. The van der Waals surface area contributed by atoms with Gasteiger partial charge >= 0.3 is 0 Å². The van der Waals surface area contributed by atoms with Crippen LogP contribution in [0.3, 0.4) is 0 Å². The van der Waals surface area contributed by atoms with Crippen LogP contribution >= 0.6 is 0 Å². The van der Waals surface area contributed by atoms with Crippen molar-refractivity contribution in [1.29, 1.82) is 0 Å². The van der Waals surface area contributed by atoms with Crippen molar-refractivity contribution in [3.05, 3.63) is 35.9 Å². The van der Waals surface area contributed by atoms with Crippen molar-refractivity contribution >= 4 is 5.91 Å². The van der Waals surface area contributed by atoms with E-state index in [1.807, 2.05) is 44.2 Å². The highest BCUT2D eigenvalue weighted by atomic mass is 16.6. The van der Waals surface area contributed by atoms with Gasteiger partial charge in [-0.15, -0.1) is 0 Å². The fraction of sp³-hybridized carbons (Fsp3) is 0.417. The molecule has 88 valence electrons. The van der Waals surface area contributed by atoms with E-state index in [1.54, 1.807) is 0 Å². The van der Waals surface area contributed by atoms with Crippen molar-refractivity contribution in [3.8, 4) is 0 Å². The molecule has 0 atom stereocenters. The van der Waals surface area contributed by atoms with Gasteiger partial charge in [-0.05, 0) is 5.56 Å². The van der Waals surface area contributed by atoms with Gasteiger partial charge in [-0.2, -0.15) is 0 Å². The minimum atomic E-state index is -0.162. The van der Waals surface area contributed by atoms with Gasteiger partial charge < -0.3 is 5.32 Å². The molecular formula is C12H18N2O2. The van der Waals surface area contributed by atoms with Gasteiger partial charge in [0.1, 0.15) is 0 Å². The van der Waals surface area contributed by atoms with Crippen LogP contribution in [0.25, 0.3) is 0 Å². The van der Waals surface area contributed by atoms with Crippen molar-refractivity contribution in [2.24, 2.45) is 0 Å². The number of amides is 1. The van der Waals surface area contributed by atoms with Crippen LogP contribution in [0, 0.1) is 0 Å². The number of carbonyl (C=O) groups is 1. The average molecular weight is 222 g/mol. The summed E-state index contributed by atoms with van der Waals surface area (Å²) in [5.74, 6) is -0.162. The van der Waals surface area contributed by atoms with E-state index in [-0.39, 0.29) is 12.5 Å². The zero-order valence-corrected chi connectivity index (χ0v) is 9.69. The van der Waals surface area contributed by atoms with E-state index in [0.717, 1.165) is 5.56 Å². The second-order valence-corrected chi connectivity index (χ2v) is 3.84. The SMILES string of the molecule is CC(C)NCC(=O)NOCc1ccccc1. The molecule has 0 aliphatic rings. The summed E-state index contributed by atoms with van der Waals surface area (Å²) in [4.78, 5) is 16.3. The molecule has 0 bridgehead atoms. The number of carbonyl (C=O) groups excluding carboxylic acids is 1. The Kier molecular flexibility index (Phi) is 5.53. The molecule has 0 aliphatic carbocycles. The maximum absolute atomic E-state index is 11.2. The first-order valence-corrected chi connectivity index (χ1v) is 5.36. The normalized spacial score (nSPS) is 10.4. The first kappa shape index (κ1) is 12.7. The van der Waals surface area contributed by atoms with Crippen LogP contribution in [0.15, 0.2) is 30.3 Å². The van der Waals surface area contributed by atoms with E-state index in [4.69, 9.17) is 4.84 Å². The molecule has 2 N–H and O–H groups in total. The minimum Gasteiger partial charge on any atom is -0.306 e. The monoisotopic (exact) mass is 222 g/mol. The van der Waals surface area contributed by atoms with Gasteiger partial charge in [0.15, 0.2) is 0 Å². The minimum absolute atomic E-state index is 0.162. The largest absolute Gasteiger partial charge is 0.306 e. The molecule has 1 aromatic carbocycles. The number of benzene rings is 1. The lowest BCUT2D eigenvalue weighted by Crippen LogP contribution is -2.36. The molecular weight excluding hydrogens is 204 g/mol. The maximum Gasteiger partial charge on any atom is 0.257 e. The molecule has 1 aromatic rings. The van der Waals surface area contributed by atoms with Gasteiger partial charge in [-0.3, -0.25) is 9.63 Å². The van der Waals surface area contributed by atoms with E-state index in [2.05, 4.69) is 10.8 Å². The topological polar surface area (TPSA) is 50.4 Å². The molecule has 0 radical (unpaired) electrons. The number of hydrogen-bond acceptors (Lipinski definition) is 3. The van der Waals surface area contributed by atoms with Crippen LogP contribution < -0.4 is 10.8 Å². The summed E-state index contributed by atoms with van der Waals surface area (Å²) in [5.41, 5.74) is 3.41. The summed E-state index contributed by atoms with van der Waals surface area (Å²) in [7, 11) is 0. The molecule has 0 unspecified atom stereocenters. The average Bonchev–Trinajstić information content (AvgIpc) is 2.28. The van der Waals surface area contributed by atoms with Crippen molar-refractivity contribution in [1.82, 2.24) is 10.8 Å². The molecule has 0 saturated carbocycles. The molecule has 1 rings (SSSR count). The van der Waals surface area contributed by atoms with Crippen molar-refractivity contribution < 1.29 is 9.63 Å². The quantitative estimate of drug-likeness (QED) is 0.712. The van der Waals surface area contributed by atoms with Crippen LogP contribution in [0.4, 0.5) is 0 Å². The standard InChI is InChI=1S/C12H18N2O2/c1-10(2)13-8-12(15)14-16-9-11-6-4-3-5-7-11/h3-7,10,13H,8-9H2,1-2H3,(H,14,15). The molecule has 0 heterocycles. The first-order chi connectivity index (χ1) is 7.68. The lowest BCUT2D eigenvalue weighted by Gasteiger charge is -2.08. The zero-order chi connectivity index (χ0) is 11.8. The van der Waals surface area contributed by atoms with Crippen LogP contribution in [-0.4, -0.2) is 18.5 Å². The van der Waals surface area contributed by atoms with Crippen molar-refractivity contribution in [2.75, 3.05) is 6.54 Å². The number of hydrogen-bond donors (Lipinski definition) is 2. The molecule has 1 amide bonds. The van der Waals surface area contributed by atoms with E-state index in [0.29, 0.717) is 12.6 Å². The Bertz CT molecular complexity index is 312. The van der Waals surface area contributed by atoms with Crippen LogP contribution in [-0.2, 0) is 16.2 Å². The fourth-order valence-electron chi connectivity index (χ4n) is 1.11. The van der Waals surface area contributed by atoms with Gasteiger partial charge in [-0.1, -0.05) is 44.2 Å². The Morgan fingerprint density at radius 1 is 1.31 bits per heavy atom. The van der Waals surface area contributed by atoms with Gasteiger partial charge in [-0.25, -0.2) is 5.48 Å². The lowest BCUT2D eigenvalue weighted by atomic mass is 10.2. The summed E-state index contributed by atoms with van der Waals surface area (Å²) in [5, 5.41) is 3.00. The summed E-state index contributed by atoms with van der Waals surface area (Å²) in [6, 6.07) is 9.98. The summed E-state index contributed by atoms with van der Waals surface area (Å²) < 4.78 is 0. The molecule has 0 aliphatic heterocycles. The van der Waals surface area contributed by atoms with Gasteiger partial charge in [0.05, 0.1) is 13.2 Å². The summed E-state index contributed by atoms with van der Waals surface area (Å²) in [6.45, 7) is 4.62. The van der Waals surface area contributed by atoms with E-state index in [9.17, 15) is 4.79 Å². The van der Waals surface area contributed by atoms with E-state index >= 15 is 0 Å². The molecule has 4 heteroatoms. The molecule has 4 nitrogen and oxygen atoms in total. The third-order valence-electron chi connectivity index (χ3n) is 1.94. The maximum atomic E-state index is 11.2. The summed E-state index contributed by atoms with van der Waals surface area (Å²) in [6.07, 6.45) is 0. The number of nitrogens with one attached hydrogen (secondary N) is 2. The van der Waals surface area contributed by atoms with Crippen LogP contribution in [0.2, 0.25) is 0 Å². The molecule has 0 aromatic heterocycles. The van der Waals surface area contributed by atoms with Gasteiger partial charge in [0.25, 0.3) is 5.91 Å². The molecule has 0 fully saturated rings. The van der Waals surface area contributed by atoms with Gasteiger partial charge in [0.2, 0.25) is 0 Å². The molecule has 16 heavy (non-hydrogen) atoms. The highest BCUT2D eigenvalue weighted by molar-refractivity contribution is 5.76. The van der Waals surface area contributed by atoms with Gasteiger partial charge in [0, 0.05) is 6.04 Å². The number of hydroxylamine groups is 1. The second-order valence-electron chi connectivity index (χ2n) is 3.84. The van der Waals surface area contributed by atoms with E-state index in [1.165, 1.54) is 0 Å². The Balaban J connectivity index is 2.13. The second kappa shape index (κ2) is 6.98. The fourth-order valence-corrected chi connectivity index (χ4v) is 1.11. The van der Waals surface area contributed by atoms with Crippen molar-refractivity contribution in [3.63, 3.8) is 0 Å². The Labute approximate surface area is 95.9 Å². The van der Waals surface area contributed by atoms with Crippen molar-refractivity contribution in [2.45, 2.75) is 26.5 Å². The molecule has 0 spiro atoms. The summed E-state index contributed by atoms with van der Waals surface area (Å²) >= 11 is 0. The zero-order valence-electron chi connectivity index (χ0n) is 9.69. The Morgan fingerprint density at radius 2 is 2.00 bits per heavy atom. The smallest absolute Gasteiger partial charge is 0.257 e. The van der Waals surface area contributed by atoms with Crippen LogP contribution in [0.1, 0.15) is 19.4 Å².